The van der Waals surface area contributed by atoms with Gasteiger partial charge in [0.1, 0.15) is 0 Å². The van der Waals surface area contributed by atoms with Crippen LogP contribution in [0.3, 0.4) is 0 Å². The monoisotopic (exact) mass is 196 g/mol. The van der Waals surface area contributed by atoms with Gasteiger partial charge in [0.05, 0.1) is 0 Å². The summed E-state index contributed by atoms with van der Waals surface area (Å²) in [6.45, 7) is 12.5. The van der Waals surface area contributed by atoms with Crippen LogP contribution in [-0.2, 0) is 0 Å². The van der Waals surface area contributed by atoms with Gasteiger partial charge in [-0.15, -0.1) is 0 Å². The maximum absolute atomic E-state index is 2.63. The summed E-state index contributed by atoms with van der Waals surface area (Å²) in [5.74, 6) is 2.01. The molecule has 0 amide bonds. The van der Waals surface area contributed by atoms with Gasteiger partial charge in [0.25, 0.3) is 0 Å². The van der Waals surface area contributed by atoms with Gasteiger partial charge in [-0.3, -0.25) is 0 Å². The molecule has 0 N–H and O–H groups in total. The van der Waals surface area contributed by atoms with Gasteiger partial charge in [0.2, 0.25) is 0 Å². The summed E-state index contributed by atoms with van der Waals surface area (Å²) in [7, 11) is 0. The van der Waals surface area contributed by atoms with Crippen LogP contribution in [-0.4, -0.2) is 49.1 Å². The maximum atomic E-state index is 2.63. The number of hydrogen-bond donors (Lipinski definition) is 0. The molecule has 2 atom stereocenters. The number of rotatable bonds is 2. The lowest BCUT2D eigenvalue weighted by Gasteiger charge is -2.44. The van der Waals surface area contributed by atoms with Crippen molar-refractivity contribution in [3.05, 3.63) is 0 Å². The molecule has 2 nitrogen and oxygen atoms in total. The van der Waals surface area contributed by atoms with E-state index >= 15 is 0 Å². The number of fused-ring (bicyclic) bond motifs is 1. The molecule has 0 aromatic carbocycles. The maximum Gasteiger partial charge on any atom is 0.00132 e. The van der Waals surface area contributed by atoms with Crippen molar-refractivity contribution in [1.29, 1.82) is 0 Å². The molecule has 0 saturated carbocycles. The van der Waals surface area contributed by atoms with Crippen LogP contribution in [0.5, 0.6) is 0 Å². The SMILES string of the molecule is CCN1CCC2CN(CC)CCC2C1. The molecule has 0 aromatic rings. The van der Waals surface area contributed by atoms with Crippen LogP contribution in [0, 0.1) is 11.8 Å². The Balaban J connectivity index is 1.88. The Morgan fingerprint density at radius 2 is 1.29 bits per heavy atom. The highest BCUT2D eigenvalue weighted by Crippen LogP contribution is 2.30. The topological polar surface area (TPSA) is 6.48 Å². The van der Waals surface area contributed by atoms with Gasteiger partial charge in [0.15, 0.2) is 0 Å². The molecule has 2 unspecified atom stereocenters. The number of piperidine rings is 2. The fourth-order valence-corrected chi connectivity index (χ4v) is 3.07. The first-order chi connectivity index (χ1) is 6.83. The van der Waals surface area contributed by atoms with Crippen molar-refractivity contribution in [1.82, 2.24) is 9.80 Å². The summed E-state index contributed by atoms with van der Waals surface area (Å²) in [6.07, 6.45) is 2.88. The van der Waals surface area contributed by atoms with Crippen molar-refractivity contribution in [2.75, 3.05) is 39.3 Å². The molecule has 14 heavy (non-hydrogen) atoms. The summed E-state index contributed by atoms with van der Waals surface area (Å²) in [5, 5.41) is 0. The molecule has 0 aliphatic carbocycles. The van der Waals surface area contributed by atoms with E-state index in [0.29, 0.717) is 0 Å². The molecular formula is C12H24N2. The average Bonchev–Trinajstić information content (AvgIpc) is 2.27. The fourth-order valence-electron chi connectivity index (χ4n) is 3.07. The van der Waals surface area contributed by atoms with E-state index in [1.807, 2.05) is 0 Å². The molecule has 0 aromatic heterocycles. The minimum atomic E-state index is 1.01. The van der Waals surface area contributed by atoms with Gasteiger partial charge in [-0.2, -0.15) is 0 Å². The predicted octanol–water partition coefficient (Wildman–Crippen LogP) is 1.67. The highest BCUT2D eigenvalue weighted by Gasteiger charge is 2.32. The van der Waals surface area contributed by atoms with E-state index in [2.05, 4.69) is 23.6 Å². The van der Waals surface area contributed by atoms with E-state index in [4.69, 9.17) is 0 Å². The molecule has 2 heteroatoms. The fraction of sp³-hybridized carbons (Fsp3) is 1.00. The van der Waals surface area contributed by atoms with E-state index in [0.717, 1.165) is 11.8 Å². The molecule has 0 radical (unpaired) electrons. The largest absolute Gasteiger partial charge is 0.303 e. The highest BCUT2D eigenvalue weighted by molar-refractivity contribution is 4.86. The first kappa shape index (κ1) is 10.4. The van der Waals surface area contributed by atoms with Crippen LogP contribution in [0.4, 0.5) is 0 Å². The summed E-state index contributed by atoms with van der Waals surface area (Å²) in [5.41, 5.74) is 0. The highest BCUT2D eigenvalue weighted by atomic mass is 15.2. The lowest BCUT2D eigenvalue weighted by atomic mass is 9.80. The zero-order valence-electron chi connectivity index (χ0n) is 9.71. The average molecular weight is 196 g/mol. The molecule has 0 spiro atoms. The van der Waals surface area contributed by atoms with Crippen LogP contribution in [0.25, 0.3) is 0 Å². The standard InChI is InChI=1S/C12H24N2/c1-3-13-7-5-12-10-14(4-2)8-6-11(12)9-13/h11-12H,3-10H2,1-2H3. The molecule has 2 rings (SSSR count). The van der Waals surface area contributed by atoms with Gasteiger partial charge < -0.3 is 9.80 Å². The third kappa shape index (κ3) is 2.12. The third-order valence-electron chi connectivity index (χ3n) is 4.18. The lowest BCUT2D eigenvalue weighted by Crippen LogP contribution is -2.49. The van der Waals surface area contributed by atoms with E-state index in [9.17, 15) is 0 Å². The summed E-state index contributed by atoms with van der Waals surface area (Å²) < 4.78 is 0. The molecular weight excluding hydrogens is 172 g/mol. The van der Waals surface area contributed by atoms with Gasteiger partial charge in [-0.25, -0.2) is 0 Å². The first-order valence-electron chi connectivity index (χ1n) is 6.28. The first-order valence-corrected chi connectivity index (χ1v) is 6.28. The van der Waals surface area contributed by atoms with E-state index in [1.165, 1.54) is 52.1 Å². The Labute approximate surface area is 88.3 Å². The van der Waals surface area contributed by atoms with E-state index < -0.39 is 0 Å². The Bertz CT molecular complexity index is 161. The van der Waals surface area contributed by atoms with Crippen LogP contribution in [0.2, 0.25) is 0 Å². The molecule has 2 heterocycles. The lowest BCUT2D eigenvalue weighted by molar-refractivity contribution is 0.0473. The summed E-state index contributed by atoms with van der Waals surface area (Å²) >= 11 is 0. The van der Waals surface area contributed by atoms with Crippen LogP contribution >= 0.6 is 0 Å². The molecule has 2 aliphatic heterocycles. The van der Waals surface area contributed by atoms with Crippen molar-refractivity contribution in [2.24, 2.45) is 11.8 Å². The van der Waals surface area contributed by atoms with E-state index in [-0.39, 0.29) is 0 Å². The zero-order chi connectivity index (χ0) is 9.97. The van der Waals surface area contributed by atoms with E-state index in [1.54, 1.807) is 0 Å². The predicted molar refractivity (Wildman–Crippen MR) is 60.4 cm³/mol. The number of nitrogens with zero attached hydrogens (tertiary/aromatic N) is 2. The smallest absolute Gasteiger partial charge is 0.00132 e. The number of hydrogen-bond acceptors (Lipinski definition) is 2. The van der Waals surface area contributed by atoms with Gasteiger partial charge in [0, 0.05) is 13.1 Å². The van der Waals surface area contributed by atoms with Crippen molar-refractivity contribution in [3.8, 4) is 0 Å². The zero-order valence-corrected chi connectivity index (χ0v) is 9.71. The molecule has 2 aliphatic rings. The van der Waals surface area contributed by atoms with Gasteiger partial charge >= 0.3 is 0 Å². The third-order valence-corrected chi connectivity index (χ3v) is 4.18. The second kappa shape index (κ2) is 4.63. The van der Waals surface area contributed by atoms with Crippen LogP contribution < -0.4 is 0 Å². The second-order valence-electron chi connectivity index (χ2n) is 4.88. The summed E-state index contributed by atoms with van der Waals surface area (Å²) in [4.78, 5) is 5.26. The molecule has 0 bridgehead atoms. The Hall–Kier alpha value is -0.0800. The summed E-state index contributed by atoms with van der Waals surface area (Å²) in [6, 6.07) is 0. The minimum absolute atomic E-state index is 1.01. The van der Waals surface area contributed by atoms with Crippen molar-refractivity contribution in [3.63, 3.8) is 0 Å². The van der Waals surface area contributed by atoms with Crippen molar-refractivity contribution in [2.45, 2.75) is 26.7 Å². The molecule has 82 valence electrons. The number of likely N-dealkylation sites (tertiary alicyclic amines) is 2. The second-order valence-corrected chi connectivity index (χ2v) is 4.88. The van der Waals surface area contributed by atoms with Gasteiger partial charge in [-0.1, -0.05) is 13.8 Å². The molecule has 2 saturated heterocycles. The minimum Gasteiger partial charge on any atom is -0.303 e. The van der Waals surface area contributed by atoms with Crippen LogP contribution in [0.15, 0.2) is 0 Å². The normalized spacial score (nSPS) is 35.6. The Morgan fingerprint density at radius 1 is 0.857 bits per heavy atom. The molecule has 2 fully saturated rings. The van der Waals surface area contributed by atoms with Crippen LogP contribution in [0.1, 0.15) is 26.7 Å². The Morgan fingerprint density at radius 3 is 1.64 bits per heavy atom. The quantitative estimate of drug-likeness (QED) is 0.663. The Kier molecular flexibility index (Phi) is 3.45. The van der Waals surface area contributed by atoms with Gasteiger partial charge in [-0.05, 0) is 50.9 Å². The van der Waals surface area contributed by atoms with Crippen molar-refractivity contribution >= 4 is 0 Å². The van der Waals surface area contributed by atoms with Crippen molar-refractivity contribution < 1.29 is 0 Å².